The number of fused-ring (bicyclic) bond motifs is 1. The maximum Gasteiger partial charge on any atom is 0.412 e. The van der Waals surface area contributed by atoms with Gasteiger partial charge in [-0.3, -0.25) is 5.32 Å². The Hall–Kier alpha value is -4.19. The Bertz CT molecular complexity index is 1440. The van der Waals surface area contributed by atoms with Gasteiger partial charge in [0.25, 0.3) is 0 Å². The van der Waals surface area contributed by atoms with Crippen molar-refractivity contribution in [1.29, 1.82) is 0 Å². The van der Waals surface area contributed by atoms with Crippen molar-refractivity contribution in [2.24, 2.45) is 5.41 Å². The Morgan fingerprint density at radius 2 is 1.81 bits per heavy atom. The van der Waals surface area contributed by atoms with Crippen molar-refractivity contribution >= 4 is 46.3 Å². The van der Waals surface area contributed by atoms with Crippen LogP contribution in [0.15, 0.2) is 48.7 Å². The van der Waals surface area contributed by atoms with Crippen LogP contribution in [-0.2, 0) is 11.3 Å². The van der Waals surface area contributed by atoms with Gasteiger partial charge >= 0.3 is 18.2 Å². The fourth-order valence-electron chi connectivity index (χ4n) is 3.98. The fraction of sp³-hybridized carbons (Fsp3) is 0.400. The summed E-state index contributed by atoms with van der Waals surface area (Å²) in [5, 5.41) is 12.0. The van der Waals surface area contributed by atoms with Crippen LogP contribution in [-0.4, -0.2) is 60.8 Å². The van der Waals surface area contributed by atoms with E-state index in [1.807, 2.05) is 20.8 Å². The minimum atomic E-state index is -0.812. The Morgan fingerprint density at radius 3 is 2.56 bits per heavy atom. The molecule has 3 aromatic rings. The first kappa shape index (κ1) is 33.3. The summed E-state index contributed by atoms with van der Waals surface area (Å²) in [4.78, 5) is 43.2. The van der Waals surface area contributed by atoms with E-state index >= 15 is 0 Å². The van der Waals surface area contributed by atoms with Gasteiger partial charge < -0.3 is 25.6 Å². The molecule has 1 aromatic heterocycles. The molecule has 10 nitrogen and oxygen atoms in total. The number of rotatable bonds is 11. The first-order chi connectivity index (χ1) is 20.3. The molecule has 43 heavy (non-hydrogen) atoms. The minimum Gasteiger partial charge on any atom is -0.447 e. The van der Waals surface area contributed by atoms with Gasteiger partial charge in [0.2, 0.25) is 0 Å². The number of halogens is 3. The molecule has 0 unspecified atom stereocenters. The van der Waals surface area contributed by atoms with Gasteiger partial charge in [-0.25, -0.2) is 28.1 Å². The first-order valence-corrected chi connectivity index (χ1v) is 14.1. The van der Waals surface area contributed by atoms with Gasteiger partial charge in [0, 0.05) is 38.3 Å². The van der Waals surface area contributed by atoms with Gasteiger partial charge in [-0.05, 0) is 59.5 Å². The van der Waals surface area contributed by atoms with Crippen molar-refractivity contribution in [2.75, 3.05) is 32.1 Å². The number of carbonyl (C=O) groups is 3. The molecule has 232 valence electrons. The number of nitrogens with zero attached hydrogens (tertiary/aromatic N) is 2. The number of likely N-dealkylation sites (N-methyl/N-ethyl adjacent to an activating group) is 1. The number of pyridine rings is 1. The molecule has 0 radical (unpaired) electrons. The fourth-order valence-corrected chi connectivity index (χ4v) is 4.17. The Morgan fingerprint density at radius 1 is 1.05 bits per heavy atom. The number of amides is 5. The number of hydrogen-bond acceptors (Lipinski definition) is 5. The van der Waals surface area contributed by atoms with Gasteiger partial charge in [0.1, 0.15) is 24.1 Å². The Kier molecular flexibility index (Phi) is 11.9. The smallest absolute Gasteiger partial charge is 0.412 e. The zero-order valence-corrected chi connectivity index (χ0v) is 25.4. The summed E-state index contributed by atoms with van der Waals surface area (Å²) in [5.74, 6) is -0.843. The van der Waals surface area contributed by atoms with E-state index in [2.05, 4.69) is 26.3 Å². The van der Waals surface area contributed by atoms with Crippen LogP contribution in [0.4, 0.5) is 29.0 Å². The monoisotopic (exact) mass is 618 g/mol. The molecular formula is C30H37ClF2N6O4. The second-order valence-corrected chi connectivity index (χ2v) is 11.6. The van der Waals surface area contributed by atoms with E-state index in [0.717, 1.165) is 0 Å². The van der Waals surface area contributed by atoms with Crippen LogP contribution in [0.5, 0.6) is 0 Å². The zero-order chi connectivity index (χ0) is 31.6. The summed E-state index contributed by atoms with van der Waals surface area (Å²) in [5.41, 5.74) is 0.342. The number of anilines is 1. The summed E-state index contributed by atoms with van der Waals surface area (Å²) < 4.78 is 32.8. The van der Waals surface area contributed by atoms with E-state index in [1.54, 1.807) is 12.1 Å². The molecule has 1 atom stereocenters. The number of aromatic nitrogens is 1. The molecule has 13 heteroatoms. The lowest BCUT2D eigenvalue weighted by Gasteiger charge is -2.28. The summed E-state index contributed by atoms with van der Waals surface area (Å²) in [6.45, 7) is 6.66. The third-order valence-electron chi connectivity index (χ3n) is 6.43. The molecule has 0 spiro atoms. The summed E-state index contributed by atoms with van der Waals surface area (Å²) in [6, 6.07) is 8.68. The van der Waals surface area contributed by atoms with E-state index in [9.17, 15) is 23.2 Å². The van der Waals surface area contributed by atoms with Crippen LogP contribution < -0.4 is 21.3 Å². The average molecular weight is 619 g/mol. The molecule has 0 saturated heterocycles. The summed E-state index contributed by atoms with van der Waals surface area (Å²) in [6.07, 6.45) is 1.54. The van der Waals surface area contributed by atoms with E-state index in [-0.39, 0.29) is 35.4 Å². The van der Waals surface area contributed by atoms with Crippen LogP contribution in [0.3, 0.4) is 0 Å². The molecule has 2 aromatic carbocycles. The summed E-state index contributed by atoms with van der Waals surface area (Å²) >= 11 is 6.00. The minimum absolute atomic E-state index is 0.0163. The maximum absolute atomic E-state index is 13.8. The lowest BCUT2D eigenvalue weighted by atomic mass is 9.97. The molecule has 0 aliphatic rings. The normalized spacial score (nSPS) is 11.9. The van der Waals surface area contributed by atoms with Gasteiger partial charge in [-0.2, -0.15) is 0 Å². The van der Waals surface area contributed by atoms with Crippen LogP contribution in [0, 0.1) is 17.0 Å². The van der Waals surface area contributed by atoms with E-state index < -0.39 is 29.8 Å². The molecule has 5 amide bonds. The third-order valence-corrected chi connectivity index (χ3v) is 6.85. The topological polar surface area (TPSA) is 125 Å². The predicted octanol–water partition coefficient (Wildman–Crippen LogP) is 6.05. The van der Waals surface area contributed by atoms with Gasteiger partial charge in [0.15, 0.2) is 0 Å². The molecule has 0 aliphatic heterocycles. The van der Waals surface area contributed by atoms with Crippen molar-refractivity contribution in [3.8, 4) is 0 Å². The Balaban J connectivity index is 1.59. The lowest BCUT2D eigenvalue weighted by molar-refractivity contribution is 0.113. The Labute approximate surface area is 254 Å². The molecular weight excluding hydrogens is 582 g/mol. The number of nitrogens with one attached hydrogen (secondary N) is 4. The highest BCUT2D eigenvalue weighted by atomic mass is 35.5. The number of ether oxygens (including phenoxy) is 1. The summed E-state index contributed by atoms with van der Waals surface area (Å²) in [7, 11) is 1.54. The predicted molar refractivity (Wildman–Crippen MR) is 162 cm³/mol. The van der Waals surface area contributed by atoms with Crippen LogP contribution >= 0.6 is 11.6 Å². The average Bonchev–Trinajstić information content (AvgIpc) is 2.95. The number of hydrogen-bond donors (Lipinski definition) is 4. The molecule has 4 N–H and O–H groups in total. The van der Waals surface area contributed by atoms with E-state index in [4.69, 9.17) is 16.3 Å². The van der Waals surface area contributed by atoms with Crippen LogP contribution in [0.25, 0.3) is 10.8 Å². The lowest BCUT2D eigenvalue weighted by Crippen LogP contribution is -2.46. The van der Waals surface area contributed by atoms with E-state index in [0.29, 0.717) is 42.3 Å². The molecule has 0 saturated carbocycles. The van der Waals surface area contributed by atoms with Gasteiger partial charge in [-0.15, -0.1) is 0 Å². The van der Waals surface area contributed by atoms with Crippen molar-refractivity contribution in [3.63, 3.8) is 0 Å². The zero-order valence-electron chi connectivity index (χ0n) is 24.6. The van der Waals surface area contributed by atoms with Crippen molar-refractivity contribution in [1.82, 2.24) is 25.8 Å². The molecule has 0 fully saturated rings. The van der Waals surface area contributed by atoms with Gasteiger partial charge in [-0.1, -0.05) is 44.5 Å². The highest BCUT2D eigenvalue weighted by Gasteiger charge is 2.22. The molecule has 3 rings (SSSR count). The number of carbonyl (C=O) groups excluding carboxylic acids is 3. The van der Waals surface area contributed by atoms with Crippen LogP contribution in [0.1, 0.15) is 39.2 Å². The second kappa shape index (κ2) is 15.3. The quantitative estimate of drug-likeness (QED) is 0.195. The molecule has 0 aliphatic carbocycles. The van der Waals surface area contributed by atoms with Crippen molar-refractivity contribution < 1.29 is 27.9 Å². The SMILES string of the molecule is CN(C(=O)NCc1cccc(F)c1Cl)[C@@H](CCCNC(=O)NCC(C)(C)C)COC(=O)Nc1cc2cc(F)ccc2cn1. The number of benzene rings is 2. The maximum atomic E-state index is 13.8. The molecule has 1 heterocycles. The largest absolute Gasteiger partial charge is 0.447 e. The van der Waals surface area contributed by atoms with Gasteiger partial charge in [0.05, 0.1) is 11.1 Å². The highest BCUT2D eigenvalue weighted by molar-refractivity contribution is 6.31. The second-order valence-electron chi connectivity index (χ2n) is 11.2. The van der Waals surface area contributed by atoms with Crippen LogP contribution in [0.2, 0.25) is 5.02 Å². The molecule has 0 bridgehead atoms. The third kappa shape index (κ3) is 10.9. The first-order valence-electron chi connectivity index (χ1n) is 13.8. The standard InChI is InChI=1S/C30H37ClF2N6O4/c1-30(2,3)18-37-27(40)34-12-6-8-23(39(4)28(41)36-16-20-7-5-9-24(33)26(20)31)17-43-29(42)38-25-14-21-13-22(32)11-10-19(21)15-35-25/h5,7,9-11,13-15,23H,6,8,12,16-18H2,1-4H3,(H,36,41)(H2,34,37,40)(H,35,38,42)/t23-/m0/s1. The van der Waals surface area contributed by atoms with Crippen molar-refractivity contribution in [3.05, 3.63) is 70.9 Å². The van der Waals surface area contributed by atoms with Crippen molar-refractivity contribution in [2.45, 2.75) is 46.2 Å². The van der Waals surface area contributed by atoms with E-state index in [1.165, 1.54) is 48.5 Å². The highest BCUT2D eigenvalue weighted by Crippen LogP contribution is 2.20. The number of urea groups is 2.